The van der Waals surface area contributed by atoms with Crippen LogP contribution in [0, 0.1) is 11.3 Å². The zero-order chi connectivity index (χ0) is 14.7. The summed E-state index contributed by atoms with van der Waals surface area (Å²) in [6, 6.07) is 15.4. The Labute approximate surface area is 127 Å². The van der Waals surface area contributed by atoms with E-state index in [0.29, 0.717) is 5.56 Å². The molecule has 0 saturated carbocycles. The monoisotopic (exact) mass is 330 g/mol. The molecular weight excluding hydrogens is 316 g/mol. The molecule has 0 aliphatic rings. The Kier molecular flexibility index (Phi) is 4.43. The number of rotatable bonds is 3. The Hall–Kier alpha value is -1.83. The molecule has 0 radical (unpaired) electrons. The van der Waals surface area contributed by atoms with Gasteiger partial charge in [0.25, 0.3) is 0 Å². The summed E-state index contributed by atoms with van der Waals surface area (Å²) in [7, 11) is 1.91. The van der Waals surface area contributed by atoms with Crippen LogP contribution in [0.1, 0.15) is 24.2 Å². The molecule has 0 aliphatic carbocycles. The quantitative estimate of drug-likeness (QED) is 0.919. The number of benzene rings is 2. The number of aliphatic hydroxyl groups excluding tert-OH is 1. The lowest BCUT2D eigenvalue weighted by atomic mass is 10.1. The van der Waals surface area contributed by atoms with Crippen molar-refractivity contribution in [2.75, 3.05) is 11.9 Å². The minimum Gasteiger partial charge on any atom is -0.389 e. The van der Waals surface area contributed by atoms with Gasteiger partial charge in [-0.25, -0.2) is 0 Å². The fourth-order valence-corrected chi connectivity index (χ4v) is 2.71. The molecule has 2 rings (SSSR count). The predicted octanol–water partition coefficient (Wildman–Crippen LogP) is 4.14. The van der Waals surface area contributed by atoms with Crippen LogP contribution in [-0.2, 0) is 0 Å². The standard InChI is InChI=1S/C16H15BrN2O/c1-11(20)12-7-8-16(14(17)9-12)19(2)15-6-4-3-5-13(15)10-18/h3-9,11,20H,1-2H3/t11-/m0/s1. The van der Waals surface area contributed by atoms with E-state index in [1.807, 2.05) is 48.3 Å². The van der Waals surface area contributed by atoms with Gasteiger partial charge < -0.3 is 10.0 Å². The van der Waals surface area contributed by atoms with Gasteiger partial charge in [-0.15, -0.1) is 0 Å². The molecule has 4 heteroatoms. The van der Waals surface area contributed by atoms with Gasteiger partial charge in [0, 0.05) is 11.5 Å². The van der Waals surface area contributed by atoms with Crippen LogP contribution in [0.2, 0.25) is 0 Å². The van der Waals surface area contributed by atoms with Gasteiger partial charge in [-0.1, -0.05) is 18.2 Å². The summed E-state index contributed by atoms with van der Waals surface area (Å²) in [4.78, 5) is 1.95. The topological polar surface area (TPSA) is 47.3 Å². The third-order valence-corrected chi connectivity index (χ3v) is 3.84. The van der Waals surface area contributed by atoms with Crippen molar-refractivity contribution in [2.45, 2.75) is 13.0 Å². The highest BCUT2D eigenvalue weighted by Gasteiger charge is 2.13. The molecule has 3 nitrogen and oxygen atoms in total. The molecule has 0 heterocycles. The molecule has 102 valence electrons. The van der Waals surface area contributed by atoms with E-state index in [1.54, 1.807) is 13.0 Å². The Bertz CT molecular complexity index is 662. The van der Waals surface area contributed by atoms with Crippen LogP contribution in [-0.4, -0.2) is 12.2 Å². The van der Waals surface area contributed by atoms with Crippen molar-refractivity contribution >= 4 is 27.3 Å². The van der Waals surface area contributed by atoms with Crippen LogP contribution in [0.4, 0.5) is 11.4 Å². The predicted molar refractivity (Wildman–Crippen MR) is 84.0 cm³/mol. The van der Waals surface area contributed by atoms with Crippen LogP contribution in [0.25, 0.3) is 0 Å². The van der Waals surface area contributed by atoms with Gasteiger partial charge >= 0.3 is 0 Å². The SMILES string of the molecule is C[C@H](O)c1ccc(N(C)c2ccccc2C#N)c(Br)c1. The summed E-state index contributed by atoms with van der Waals surface area (Å²) in [6.07, 6.45) is -0.503. The molecule has 0 aromatic heterocycles. The van der Waals surface area contributed by atoms with E-state index in [4.69, 9.17) is 0 Å². The number of hydrogen-bond donors (Lipinski definition) is 1. The summed E-state index contributed by atoms with van der Waals surface area (Å²) in [5.41, 5.74) is 3.27. The number of nitrogens with zero attached hydrogens (tertiary/aromatic N) is 2. The van der Waals surface area contributed by atoms with E-state index in [1.165, 1.54) is 0 Å². The summed E-state index contributed by atoms with van der Waals surface area (Å²) in [5.74, 6) is 0. The number of hydrogen-bond acceptors (Lipinski definition) is 3. The molecule has 0 unspecified atom stereocenters. The average molecular weight is 331 g/mol. The van der Waals surface area contributed by atoms with Gasteiger partial charge in [0.2, 0.25) is 0 Å². The fourth-order valence-electron chi connectivity index (χ4n) is 2.05. The Morgan fingerprint density at radius 3 is 2.50 bits per heavy atom. The number of nitriles is 1. The van der Waals surface area contributed by atoms with Crippen LogP contribution in [0.15, 0.2) is 46.9 Å². The van der Waals surface area contributed by atoms with Crippen molar-refractivity contribution in [1.82, 2.24) is 0 Å². The largest absolute Gasteiger partial charge is 0.389 e. The van der Waals surface area contributed by atoms with Crippen LogP contribution in [0.3, 0.4) is 0 Å². The third-order valence-electron chi connectivity index (χ3n) is 3.20. The van der Waals surface area contributed by atoms with Crippen LogP contribution < -0.4 is 4.90 Å². The fraction of sp³-hybridized carbons (Fsp3) is 0.188. The third kappa shape index (κ3) is 2.84. The Morgan fingerprint density at radius 2 is 1.90 bits per heavy atom. The second kappa shape index (κ2) is 6.08. The smallest absolute Gasteiger partial charge is 0.101 e. The maximum atomic E-state index is 9.60. The van der Waals surface area contributed by atoms with Gasteiger partial charge in [-0.05, 0) is 52.7 Å². The molecule has 20 heavy (non-hydrogen) atoms. The van der Waals surface area contributed by atoms with Crippen LogP contribution in [0.5, 0.6) is 0 Å². The molecule has 1 N–H and O–H groups in total. The highest BCUT2D eigenvalue weighted by Crippen LogP contribution is 2.34. The van der Waals surface area contributed by atoms with E-state index >= 15 is 0 Å². The highest BCUT2D eigenvalue weighted by atomic mass is 79.9. The number of para-hydroxylation sites is 1. The van der Waals surface area contributed by atoms with Gasteiger partial charge in [-0.3, -0.25) is 0 Å². The van der Waals surface area contributed by atoms with E-state index in [-0.39, 0.29) is 0 Å². The molecule has 0 amide bonds. The van der Waals surface area contributed by atoms with Crippen molar-refractivity contribution in [1.29, 1.82) is 5.26 Å². The average Bonchev–Trinajstić information content (AvgIpc) is 2.46. The van der Waals surface area contributed by atoms with Crippen molar-refractivity contribution in [3.8, 4) is 6.07 Å². The lowest BCUT2D eigenvalue weighted by Gasteiger charge is -2.22. The first-order chi connectivity index (χ1) is 9.54. The summed E-state index contributed by atoms with van der Waals surface area (Å²) >= 11 is 3.52. The molecule has 2 aromatic rings. The molecule has 0 fully saturated rings. The summed E-state index contributed by atoms with van der Waals surface area (Å²) in [5, 5.41) is 18.8. The zero-order valence-corrected chi connectivity index (χ0v) is 12.9. The maximum Gasteiger partial charge on any atom is 0.101 e. The molecule has 1 atom stereocenters. The van der Waals surface area contributed by atoms with Crippen molar-refractivity contribution in [3.05, 3.63) is 58.1 Å². The Balaban J connectivity index is 2.44. The van der Waals surface area contributed by atoms with Gasteiger partial charge in [0.15, 0.2) is 0 Å². The first-order valence-electron chi connectivity index (χ1n) is 6.25. The molecule has 0 aliphatic heterocycles. The van der Waals surface area contributed by atoms with Crippen molar-refractivity contribution in [2.24, 2.45) is 0 Å². The molecule has 2 aromatic carbocycles. The van der Waals surface area contributed by atoms with E-state index in [9.17, 15) is 10.4 Å². The van der Waals surface area contributed by atoms with Gasteiger partial charge in [0.1, 0.15) is 6.07 Å². The van der Waals surface area contributed by atoms with Gasteiger partial charge in [0.05, 0.1) is 23.0 Å². The Morgan fingerprint density at radius 1 is 1.20 bits per heavy atom. The van der Waals surface area contributed by atoms with Gasteiger partial charge in [-0.2, -0.15) is 5.26 Å². The maximum absolute atomic E-state index is 9.60. The minimum absolute atomic E-state index is 0.503. The summed E-state index contributed by atoms with van der Waals surface area (Å²) < 4.78 is 0.881. The normalized spacial score (nSPS) is 11.8. The number of aliphatic hydroxyl groups is 1. The molecule has 0 bridgehead atoms. The highest BCUT2D eigenvalue weighted by molar-refractivity contribution is 9.10. The lowest BCUT2D eigenvalue weighted by Crippen LogP contribution is -2.12. The zero-order valence-electron chi connectivity index (χ0n) is 11.3. The number of halogens is 1. The second-order valence-electron chi connectivity index (χ2n) is 4.57. The second-order valence-corrected chi connectivity index (χ2v) is 5.43. The van der Waals surface area contributed by atoms with E-state index < -0.39 is 6.10 Å². The van der Waals surface area contributed by atoms with Crippen LogP contribution >= 0.6 is 15.9 Å². The van der Waals surface area contributed by atoms with Crippen molar-refractivity contribution < 1.29 is 5.11 Å². The first kappa shape index (κ1) is 14.6. The lowest BCUT2D eigenvalue weighted by molar-refractivity contribution is 0.199. The minimum atomic E-state index is -0.503. The van der Waals surface area contributed by atoms with Crippen molar-refractivity contribution in [3.63, 3.8) is 0 Å². The van der Waals surface area contributed by atoms with E-state index in [0.717, 1.165) is 21.4 Å². The number of anilines is 2. The van der Waals surface area contributed by atoms with E-state index in [2.05, 4.69) is 22.0 Å². The molecular formula is C16H15BrN2O. The summed E-state index contributed by atoms with van der Waals surface area (Å²) in [6.45, 7) is 1.73. The first-order valence-corrected chi connectivity index (χ1v) is 7.04. The molecule has 0 spiro atoms. The molecule has 0 saturated heterocycles.